The fourth-order valence-electron chi connectivity index (χ4n) is 3.98. The van der Waals surface area contributed by atoms with Crippen molar-refractivity contribution in [1.82, 2.24) is 4.90 Å². The monoisotopic (exact) mass is 376 g/mol. The maximum Gasteiger partial charge on any atom is 0.256 e. The van der Waals surface area contributed by atoms with Crippen molar-refractivity contribution in [3.8, 4) is 5.75 Å². The summed E-state index contributed by atoms with van der Waals surface area (Å²) >= 11 is 0. The Morgan fingerprint density at radius 3 is 2.70 bits per heavy atom. The number of anilines is 1. The van der Waals surface area contributed by atoms with Gasteiger partial charge in [0.05, 0.1) is 13.2 Å². The van der Waals surface area contributed by atoms with Gasteiger partial charge < -0.3 is 19.5 Å². The van der Waals surface area contributed by atoms with Crippen LogP contribution in [0.15, 0.2) is 24.3 Å². The quantitative estimate of drug-likeness (QED) is 0.793. The number of carbonyl (C=O) groups is 1. The summed E-state index contributed by atoms with van der Waals surface area (Å²) in [7, 11) is 1.64. The van der Waals surface area contributed by atoms with Crippen LogP contribution in [0.4, 0.5) is 5.69 Å². The van der Waals surface area contributed by atoms with Crippen LogP contribution in [0.5, 0.6) is 5.75 Å². The zero-order valence-corrected chi connectivity index (χ0v) is 16.5. The van der Waals surface area contributed by atoms with Crippen molar-refractivity contribution in [2.24, 2.45) is 5.92 Å². The van der Waals surface area contributed by atoms with Crippen LogP contribution < -0.4 is 10.1 Å². The molecule has 3 rings (SSSR count). The highest BCUT2D eigenvalue weighted by atomic mass is 16.5. The van der Waals surface area contributed by atoms with Gasteiger partial charge in [-0.3, -0.25) is 9.69 Å². The number of morpholine rings is 1. The fourth-order valence-corrected chi connectivity index (χ4v) is 3.98. The maximum atomic E-state index is 12.8. The molecule has 1 N–H and O–H groups in total. The molecule has 150 valence electrons. The highest BCUT2D eigenvalue weighted by molar-refractivity contribution is 5.97. The van der Waals surface area contributed by atoms with E-state index in [4.69, 9.17) is 14.2 Å². The van der Waals surface area contributed by atoms with Crippen LogP contribution in [0.3, 0.4) is 0 Å². The first kappa shape index (κ1) is 20.1. The lowest BCUT2D eigenvalue weighted by molar-refractivity contribution is -0.143. The van der Waals surface area contributed by atoms with Gasteiger partial charge >= 0.3 is 0 Å². The molecule has 1 aliphatic carbocycles. The third-order valence-electron chi connectivity index (χ3n) is 5.65. The summed E-state index contributed by atoms with van der Waals surface area (Å²) in [5.74, 6) is 1.28. The number of hydrogen-bond acceptors (Lipinski definition) is 5. The van der Waals surface area contributed by atoms with Crippen molar-refractivity contribution < 1.29 is 19.0 Å². The van der Waals surface area contributed by atoms with Gasteiger partial charge in [-0.2, -0.15) is 0 Å². The van der Waals surface area contributed by atoms with Crippen LogP contribution in [0.25, 0.3) is 0 Å². The minimum absolute atomic E-state index is 0.0439. The maximum absolute atomic E-state index is 12.8. The SMILES string of the molecule is CO[C@@]1(C(=O)Nc2ccc(OCCN3CCOCC3)cc2)CCC[C@@H](C)C1. The van der Waals surface area contributed by atoms with Crippen molar-refractivity contribution >= 4 is 11.6 Å². The summed E-state index contributed by atoms with van der Waals surface area (Å²) in [5, 5.41) is 3.02. The lowest BCUT2D eigenvalue weighted by Crippen LogP contribution is -2.47. The van der Waals surface area contributed by atoms with E-state index in [0.29, 0.717) is 12.5 Å². The summed E-state index contributed by atoms with van der Waals surface area (Å²) in [6.07, 6.45) is 3.74. The molecule has 0 radical (unpaired) electrons. The van der Waals surface area contributed by atoms with E-state index in [2.05, 4.69) is 17.1 Å². The van der Waals surface area contributed by atoms with Crippen LogP contribution in [0.1, 0.15) is 32.6 Å². The van der Waals surface area contributed by atoms with Crippen molar-refractivity contribution in [3.63, 3.8) is 0 Å². The predicted molar refractivity (Wildman–Crippen MR) is 105 cm³/mol. The molecule has 1 aliphatic heterocycles. The third-order valence-corrected chi connectivity index (χ3v) is 5.65. The lowest BCUT2D eigenvalue weighted by Gasteiger charge is -2.37. The molecule has 1 amide bonds. The Kier molecular flexibility index (Phi) is 7.10. The molecule has 1 aromatic rings. The second-order valence-electron chi connectivity index (χ2n) is 7.68. The number of rotatable bonds is 7. The Labute approximate surface area is 162 Å². The van der Waals surface area contributed by atoms with Gasteiger partial charge in [0, 0.05) is 32.4 Å². The number of hydrogen-bond donors (Lipinski definition) is 1. The van der Waals surface area contributed by atoms with Crippen molar-refractivity contribution in [1.29, 1.82) is 0 Å². The Bertz CT molecular complexity index is 601. The van der Waals surface area contributed by atoms with Crippen LogP contribution in [0, 0.1) is 5.92 Å². The van der Waals surface area contributed by atoms with Crippen LogP contribution in [-0.4, -0.2) is 63.0 Å². The van der Waals surface area contributed by atoms with Crippen molar-refractivity contribution in [3.05, 3.63) is 24.3 Å². The van der Waals surface area contributed by atoms with Gasteiger partial charge in [0.1, 0.15) is 18.0 Å². The molecule has 1 saturated heterocycles. The third kappa shape index (κ3) is 5.43. The highest BCUT2D eigenvalue weighted by Gasteiger charge is 2.41. The van der Waals surface area contributed by atoms with Gasteiger partial charge in [-0.05, 0) is 49.4 Å². The molecule has 2 fully saturated rings. The van der Waals surface area contributed by atoms with Gasteiger partial charge in [0.2, 0.25) is 0 Å². The molecule has 0 spiro atoms. The van der Waals surface area contributed by atoms with Gasteiger partial charge in [0.25, 0.3) is 5.91 Å². The molecule has 0 aromatic heterocycles. The summed E-state index contributed by atoms with van der Waals surface area (Å²) in [6.45, 7) is 7.27. The highest BCUT2D eigenvalue weighted by Crippen LogP contribution is 2.35. The minimum Gasteiger partial charge on any atom is -0.492 e. The molecular formula is C21H32N2O4. The first-order valence-electron chi connectivity index (χ1n) is 10.0. The van der Waals surface area contributed by atoms with Gasteiger partial charge in [-0.25, -0.2) is 0 Å². The molecule has 27 heavy (non-hydrogen) atoms. The molecule has 2 atom stereocenters. The molecule has 6 heteroatoms. The normalized spacial score (nSPS) is 26.5. The van der Waals surface area contributed by atoms with Gasteiger partial charge in [0.15, 0.2) is 0 Å². The predicted octanol–water partition coefficient (Wildman–Crippen LogP) is 2.93. The fraction of sp³-hybridized carbons (Fsp3) is 0.667. The summed E-state index contributed by atoms with van der Waals surface area (Å²) in [5.41, 5.74) is 0.0699. The molecule has 2 aliphatic rings. The zero-order chi connectivity index (χ0) is 19.1. The first-order valence-corrected chi connectivity index (χ1v) is 10.0. The van der Waals surface area contributed by atoms with E-state index < -0.39 is 5.60 Å². The van der Waals surface area contributed by atoms with E-state index in [1.54, 1.807) is 7.11 Å². The van der Waals surface area contributed by atoms with Crippen molar-refractivity contribution in [2.75, 3.05) is 51.9 Å². The number of benzene rings is 1. The standard InChI is InChI=1S/C21H32N2O4/c1-17-4-3-9-21(16-17,25-2)20(24)22-18-5-7-19(8-6-18)27-15-12-23-10-13-26-14-11-23/h5-8,17H,3-4,9-16H2,1-2H3,(H,22,24)/t17-,21+/m1/s1. The van der Waals surface area contributed by atoms with Gasteiger partial charge in [-0.1, -0.05) is 13.3 Å². The first-order chi connectivity index (χ1) is 13.1. The Morgan fingerprint density at radius 1 is 1.30 bits per heavy atom. The Hall–Kier alpha value is -1.63. The molecule has 1 aromatic carbocycles. The Morgan fingerprint density at radius 2 is 2.04 bits per heavy atom. The van der Waals surface area contributed by atoms with Gasteiger partial charge in [-0.15, -0.1) is 0 Å². The summed E-state index contributed by atoms with van der Waals surface area (Å²) in [4.78, 5) is 15.2. The number of methoxy groups -OCH3 is 1. The average Bonchev–Trinajstić information content (AvgIpc) is 2.70. The second-order valence-corrected chi connectivity index (χ2v) is 7.68. The second kappa shape index (κ2) is 9.53. The van der Waals surface area contributed by atoms with Crippen molar-refractivity contribution in [2.45, 2.75) is 38.2 Å². The number of nitrogens with one attached hydrogen (secondary N) is 1. The molecule has 1 heterocycles. The van der Waals surface area contributed by atoms with E-state index in [1.807, 2.05) is 24.3 Å². The average molecular weight is 376 g/mol. The number of ether oxygens (including phenoxy) is 3. The lowest BCUT2D eigenvalue weighted by atomic mass is 9.78. The van der Waals surface area contributed by atoms with E-state index in [9.17, 15) is 4.79 Å². The smallest absolute Gasteiger partial charge is 0.256 e. The van der Waals surface area contributed by atoms with Crippen LogP contribution in [0.2, 0.25) is 0 Å². The molecular weight excluding hydrogens is 344 g/mol. The van der Waals surface area contributed by atoms with E-state index in [-0.39, 0.29) is 5.91 Å². The zero-order valence-electron chi connectivity index (χ0n) is 16.5. The van der Waals surface area contributed by atoms with E-state index in [0.717, 1.165) is 70.0 Å². The number of amides is 1. The largest absolute Gasteiger partial charge is 0.492 e. The van der Waals surface area contributed by atoms with Crippen LogP contribution >= 0.6 is 0 Å². The van der Waals surface area contributed by atoms with E-state index >= 15 is 0 Å². The molecule has 0 unspecified atom stereocenters. The van der Waals surface area contributed by atoms with E-state index in [1.165, 1.54) is 0 Å². The Balaban J connectivity index is 1.48. The number of nitrogens with zero attached hydrogens (tertiary/aromatic N) is 1. The molecule has 6 nitrogen and oxygen atoms in total. The molecule has 0 bridgehead atoms. The minimum atomic E-state index is -0.703. The van der Waals surface area contributed by atoms with Crippen LogP contribution in [-0.2, 0) is 14.3 Å². The summed E-state index contributed by atoms with van der Waals surface area (Å²) in [6, 6.07) is 7.57. The summed E-state index contributed by atoms with van der Waals surface area (Å²) < 4.78 is 16.8. The number of carbonyl (C=O) groups excluding carboxylic acids is 1. The molecule has 1 saturated carbocycles. The topological polar surface area (TPSA) is 60.0 Å².